The molecule has 0 unspecified atom stereocenters. The quantitative estimate of drug-likeness (QED) is 0.800. The number of carbonyl (C=O) groups excluding carboxylic acids is 1. The Kier molecular flexibility index (Phi) is 6.55. The molecule has 19 heavy (non-hydrogen) atoms. The lowest BCUT2D eigenvalue weighted by atomic mass is 10.3. The van der Waals surface area contributed by atoms with Crippen LogP contribution in [0.15, 0.2) is 10.8 Å². The highest BCUT2D eigenvalue weighted by Gasteiger charge is 2.10. The zero-order valence-electron chi connectivity index (χ0n) is 11.5. The molecule has 7 heteroatoms. The van der Waals surface area contributed by atoms with Crippen LogP contribution in [0.1, 0.15) is 20.3 Å². The van der Waals surface area contributed by atoms with Gasteiger partial charge in [0.2, 0.25) is 5.91 Å². The van der Waals surface area contributed by atoms with E-state index in [-0.39, 0.29) is 5.91 Å². The van der Waals surface area contributed by atoms with Crippen LogP contribution >= 0.6 is 15.9 Å². The molecule has 0 aliphatic rings. The lowest BCUT2D eigenvalue weighted by Crippen LogP contribution is -2.31. The van der Waals surface area contributed by atoms with Crippen molar-refractivity contribution in [2.24, 2.45) is 0 Å². The van der Waals surface area contributed by atoms with E-state index in [2.05, 4.69) is 36.5 Å². The van der Waals surface area contributed by atoms with Gasteiger partial charge >= 0.3 is 0 Å². The van der Waals surface area contributed by atoms with Gasteiger partial charge in [-0.15, -0.1) is 0 Å². The Balaban J connectivity index is 2.52. The van der Waals surface area contributed by atoms with E-state index in [1.807, 2.05) is 18.7 Å². The second kappa shape index (κ2) is 7.93. The Morgan fingerprint density at radius 2 is 1.95 bits per heavy atom. The predicted octanol–water partition coefficient (Wildman–Crippen LogP) is 1.95. The molecule has 0 saturated carbocycles. The molecule has 1 aromatic heterocycles. The maximum absolute atomic E-state index is 11.8. The number of nitrogens with one attached hydrogen (secondary N) is 2. The van der Waals surface area contributed by atoms with Crippen LogP contribution in [0.3, 0.4) is 0 Å². The maximum Gasteiger partial charge on any atom is 0.224 e. The number of carbonyl (C=O) groups is 1. The first-order valence-electron chi connectivity index (χ1n) is 6.33. The lowest BCUT2D eigenvalue weighted by Gasteiger charge is -2.18. The average Bonchev–Trinajstić information content (AvgIpc) is 2.42. The summed E-state index contributed by atoms with van der Waals surface area (Å²) in [5.41, 5.74) is 0. The monoisotopic (exact) mass is 329 g/mol. The number of anilines is 2. The van der Waals surface area contributed by atoms with E-state index >= 15 is 0 Å². The van der Waals surface area contributed by atoms with E-state index in [4.69, 9.17) is 0 Å². The Bertz CT molecular complexity index is 423. The van der Waals surface area contributed by atoms with E-state index in [0.29, 0.717) is 24.6 Å². The largest absolute Gasteiger partial charge is 0.372 e. The molecular formula is C12H20BrN5O. The minimum Gasteiger partial charge on any atom is -0.372 e. The lowest BCUT2D eigenvalue weighted by molar-refractivity contribution is -0.130. The van der Waals surface area contributed by atoms with Gasteiger partial charge in [-0.1, -0.05) is 0 Å². The molecule has 1 amide bonds. The molecule has 1 rings (SSSR count). The van der Waals surface area contributed by atoms with Crippen LogP contribution in [0, 0.1) is 0 Å². The first-order chi connectivity index (χ1) is 9.13. The van der Waals surface area contributed by atoms with Crippen molar-refractivity contribution in [1.29, 1.82) is 0 Å². The second-order valence-corrected chi connectivity index (χ2v) is 4.67. The Morgan fingerprint density at radius 1 is 1.32 bits per heavy atom. The molecule has 1 aromatic rings. The molecule has 0 bridgehead atoms. The SMILES string of the molecule is CCN(CC)C(=O)CCNc1ncnc(NC)c1Br. The summed E-state index contributed by atoms with van der Waals surface area (Å²) in [6.45, 7) is 6.01. The number of hydrogen-bond acceptors (Lipinski definition) is 5. The summed E-state index contributed by atoms with van der Waals surface area (Å²) in [7, 11) is 1.79. The minimum absolute atomic E-state index is 0.150. The van der Waals surface area contributed by atoms with Gasteiger partial charge in [0.05, 0.1) is 0 Å². The average molecular weight is 330 g/mol. The van der Waals surface area contributed by atoms with E-state index in [9.17, 15) is 4.79 Å². The summed E-state index contributed by atoms with van der Waals surface area (Å²) >= 11 is 3.42. The Labute approximate surface area is 122 Å². The van der Waals surface area contributed by atoms with Crippen LogP contribution in [-0.4, -0.2) is 47.5 Å². The van der Waals surface area contributed by atoms with E-state index in [1.165, 1.54) is 6.33 Å². The molecule has 0 aliphatic carbocycles. The van der Waals surface area contributed by atoms with Crippen LogP contribution in [0.4, 0.5) is 11.6 Å². The van der Waals surface area contributed by atoms with Gasteiger partial charge in [0.1, 0.15) is 22.4 Å². The second-order valence-electron chi connectivity index (χ2n) is 3.88. The number of aromatic nitrogens is 2. The molecule has 0 spiro atoms. The standard InChI is InChI=1S/C12H20BrN5O/c1-4-18(5-2)9(19)6-7-15-12-10(13)11(14-3)16-8-17-12/h8H,4-7H2,1-3H3,(H2,14,15,16,17). The topological polar surface area (TPSA) is 70.2 Å². The zero-order valence-corrected chi connectivity index (χ0v) is 13.1. The summed E-state index contributed by atoms with van der Waals surface area (Å²) in [6.07, 6.45) is 1.93. The smallest absolute Gasteiger partial charge is 0.224 e. The number of nitrogens with zero attached hydrogens (tertiary/aromatic N) is 3. The molecule has 1 heterocycles. The van der Waals surface area contributed by atoms with Gasteiger partial charge in [0.15, 0.2) is 0 Å². The van der Waals surface area contributed by atoms with Gasteiger partial charge in [0, 0.05) is 33.1 Å². The van der Waals surface area contributed by atoms with E-state index in [0.717, 1.165) is 17.6 Å². The molecule has 0 fully saturated rings. The summed E-state index contributed by atoms with van der Waals surface area (Å²) in [6, 6.07) is 0. The van der Waals surface area contributed by atoms with Crippen LogP contribution in [0.2, 0.25) is 0 Å². The number of rotatable bonds is 7. The van der Waals surface area contributed by atoms with E-state index in [1.54, 1.807) is 7.05 Å². The van der Waals surface area contributed by atoms with Gasteiger partial charge in [-0.3, -0.25) is 4.79 Å². The number of halogens is 1. The molecule has 0 aliphatic heterocycles. The van der Waals surface area contributed by atoms with Crippen molar-refractivity contribution in [3.05, 3.63) is 10.8 Å². The highest BCUT2D eigenvalue weighted by atomic mass is 79.9. The van der Waals surface area contributed by atoms with Crippen LogP contribution < -0.4 is 10.6 Å². The third-order valence-electron chi connectivity index (χ3n) is 2.77. The van der Waals surface area contributed by atoms with Crippen molar-refractivity contribution >= 4 is 33.5 Å². The summed E-state index contributed by atoms with van der Waals surface area (Å²) in [4.78, 5) is 21.9. The Morgan fingerprint density at radius 3 is 2.53 bits per heavy atom. The molecule has 0 radical (unpaired) electrons. The molecule has 6 nitrogen and oxygen atoms in total. The molecule has 2 N–H and O–H groups in total. The van der Waals surface area contributed by atoms with Gasteiger partial charge in [-0.05, 0) is 29.8 Å². The Hall–Kier alpha value is -1.37. The molecule has 0 aromatic carbocycles. The van der Waals surface area contributed by atoms with E-state index < -0.39 is 0 Å². The first-order valence-corrected chi connectivity index (χ1v) is 7.13. The highest BCUT2D eigenvalue weighted by molar-refractivity contribution is 9.10. The van der Waals surface area contributed by atoms with Crippen molar-refractivity contribution in [3.8, 4) is 0 Å². The predicted molar refractivity (Wildman–Crippen MR) is 80.3 cm³/mol. The number of hydrogen-bond donors (Lipinski definition) is 2. The van der Waals surface area contributed by atoms with Crippen LogP contribution in [-0.2, 0) is 4.79 Å². The molecule has 106 valence electrons. The van der Waals surface area contributed by atoms with Crippen molar-refractivity contribution in [2.45, 2.75) is 20.3 Å². The fraction of sp³-hybridized carbons (Fsp3) is 0.583. The third-order valence-corrected chi connectivity index (χ3v) is 3.52. The van der Waals surface area contributed by atoms with Crippen LogP contribution in [0.5, 0.6) is 0 Å². The summed E-state index contributed by atoms with van der Waals surface area (Å²) < 4.78 is 0.771. The van der Waals surface area contributed by atoms with Gasteiger partial charge in [-0.25, -0.2) is 9.97 Å². The van der Waals surface area contributed by atoms with Crippen molar-refractivity contribution in [3.63, 3.8) is 0 Å². The van der Waals surface area contributed by atoms with Gasteiger partial charge < -0.3 is 15.5 Å². The third kappa shape index (κ3) is 4.34. The van der Waals surface area contributed by atoms with Crippen molar-refractivity contribution in [2.75, 3.05) is 37.3 Å². The molecular weight excluding hydrogens is 310 g/mol. The minimum atomic E-state index is 0.150. The van der Waals surface area contributed by atoms with Crippen molar-refractivity contribution in [1.82, 2.24) is 14.9 Å². The molecule has 0 saturated heterocycles. The van der Waals surface area contributed by atoms with Crippen molar-refractivity contribution < 1.29 is 4.79 Å². The maximum atomic E-state index is 11.8. The summed E-state index contributed by atoms with van der Waals surface area (Å²) in [5, 5.41) is 6.09. The van der Waals surface area contributed by atoms with Gasteiger partial charge in [-0.2, -0.15) is 0 Å². The zero-order chi connectivity index (χ0) is 14.3. The fourth-order valence-electron chi connectivity index (χ4n) is 1.69. The highest BCUT2D eigenvalue weighted by Crippen LogP contribution is 2.25. The number of amides is 1. The first kappa shape index (κ1) is 15.7. The van der Waals surface area contributed by atoms with Gasteiger partial charge in [0.25, 0.3) is 0 Å². The normalized spacial score (nSPS) is 10.1. The molecule has 0 atom stereocenters. The summed E-state index contributed by atoms with van der Waals surface area (Å²) in [5.74, 6) is 1.55. The fourth-order valence-corrected chi connectivity index (χ4v) is 2.23. The van der Waals surface area contributed by atoms with Crippen LogP contribution in [0.25, 0.3) is 0 Å².